The minimum atomic E-state index is -4.32. The standard InChI is InChI=1S/C14H20F3NO/c1-10-5-6-11(9-12(10)14(15,16)17)18-7-8-19-13(2,3)4/h5-6,9,18H,7-8H2,1-4H3. The Balaban J connectivity index is 2.61. The van der Waals surface area contributed by atoms with E-state index in [2.05, 4.69) is 5.32 Å². The third kappa shape index (κ3) is 5.51. The number of benzene rings is 1. The summed E-state index contributed by atoms with van der Waals surface area (Å²) in [5.74, 6) is 0. The van der Waals surface area contributed by atoms with E-state index < -0.39 is 11.7 Å². The minimum Gasteiger partial charge on any atom is -0.383 e. The molecule has 1 aromatic carbocycles. The maximum atomic E-state index is 12.7. The Kier molecular flexibility index (Phi) is 4.85. The van der Waals surface area contributed by atoms with Gasteiger partial charge in [-0.2, -0.15) is 13.2 Å². The average molecular weight is 275 g/mol. The highest BCUT2D eigenvalue weighted by Gasteiger charge is 2.32. The van der Waals surface area contributed by atoms with Crippen LogP contribution in [0.4, 0.5) is 18.9 Å². The van der Waals surface area contributed by atoms with Gasteiger partial charge in [-0.25, -0.2) is 0 Å². The van der Waals surface area contributed by atoms with Gasteiger partial charge in [0.15, 0.2) is 0 Å². The van der Waals surface area contributed by atoms with E-state index in [1.807, 2.05) is 20.8 Å². The maximum absolute atomic E-state index is 12.7. The van der Waals surface area contributed by atoms with E-state index in [1.165, 1.54) is 13.0 Å². The summed E-state index contributed by atoms with van der Waals surface area (Å²) in [5.41, 5.74) is -0.166. The zero-order chi connectivity index (χ0) is 14.7. The Morgan fingerprint density at radius 2 is 1.79 bits per heavy atom. The molecule has 1 N–H and O–H groups in total. The van der Waals surface area contributed by atoms with Gasteiger partial charge in [-0.05, 0) is 45.4 Å². The van der Waals surface area contributed by atoms with Crippen LogP contribution in [-0.2, 0) is 10.9 Å². The number of anilines is 1. The predicted octanol–water partition coefficient (Wildman–Crippen LogP) is 4.24. The van der Waals surface area contributed by atoms with Crippen molar-refractivity contribution in [2.75, 3.05) is 18.5 Å². The van der Waals surface area contributed by atoms with E-state index in [4.69, 9.17) is 4.74 Å². The van der Waals surface area contributed by atoms with E-state index in [0.29, 0.717) is 18.8 Å². The van der Waals surface area contributed by atoms with E-state index >= 15 is 0 Å². The molecule has 0 aromatic heterocycles. The molecule has 0 atom stereocenters. The van der Waals surface area contributed by atoms with Gasteiger partial charge in [0, 0.05) is 12.2 Å². The first-order valence-electron chi connectivity index (χ1n) is 6.15. The molecule has 0 unspecified atom stereocenters. The molecule has 0 saturated heterocycles. The highest BCUT2D eigenvalue weighted by molar-refractivity contribution is 5.49. The van der Waals surface area contributed by atoms with Crippen LogP contribution in [0.1, 0.15) is 31.9 Å². The first-order valence-corrected chi connectivity index (χ1v) is 6.15. The van der Waals surface area contributed by atoms with Gasteiger partial charge in [-0.3, -0.25) is 0 Å². The molecule has 0 aliphatic rings. The topological polar surface area (TPSA) is 21.3 Å². The molecule has 2 nitrogen and oxygen atoms in total. The van der Waals surface area contributed by atoms with Crippen molar-refractivity contribution in [1.82, 2.24) is 0 Å². The molecule has 1 aromatic rings. The second kappa shape index (κ2) is 5.82. The van der Waals surface area contributed by atoms with Gasteiger partial charge in [0.1, 0.15) is 0 Å². The Morgan fingerprint density at radius 3 is 2.32 bits per heavy atom. The zero-order valence-electron chi connectivity index (χ0n) is 11.7. The summed E-state index contributed by atoms with van der Waals surface area (Å²) in [5, 5.41) is 2.93. The molecule has 5 heteroatoms. The van der Waals surface area contributed by atoms with Crippen molar-refractivity contribution < 1.29 is 17.9 Å². The molecule has 0 fully saturated rings. The number of nitrogens with one attached hydrogen (secondary N) is 1. The number of alkyl halides is 3. The summed E-state index contributed by atoms with van der Waals surface area (Å²) < 4.78 is 43.7. The van der Waals surface area contributed by atoms with Crippen LogP contribution in [0, 0.1) is 6.92 Å². The van der Waals surface area contributed by atoms with Crippen molar-refractivity contribution in [3.8, 4) is 0 Å². The van der Waals surface area contributed by atoms with Crippen LogP contribution in [0.25, 0.3) is 0 Å². The van der Waals surface area contributed by atoms with Crippen molar-refractivity contribution in [2.24, 2.45) is 0 Å². The largest absolute Gasteiger partial charge is 0.416 e. The highest BCUT2D eigenvalue weighted by atomic mass is 19.4. The summed E-state index contributed by atoms with van der Waals surface area (Å²) in [6.07, 6.45) is -4.32. The van der Waals surface area contributed by atoms with Gasteiger partial charge in [-0.15, -0.1) is 0 Å². The molecule has 0 saturated carbocycles. The van der Waals surface area contributed by atoms with E-state index in [0.717, 1.165) is 6.07 Å². The van der Waals surface area contributed by atoms with Crippen LogP contribution in [-0.4, -0.2) is 18.8 Å². The number of hydrogen-bond donors (Lipinski definition) is 1. The summed E-state index contributed by atoms with van der Waals surface area (Å²) in [7, 11) is 0. The minimum absolute atomic E-state index is 0.226. The molecule has 0 spiro atoms. The quantitative estimate of drug-likeness (QED) is 0.830. The Morgan fingerprint density at radius 1 is 1.16 bits per heavy atom. The Hall–Kier alpha value is -1.23. The highest BCUT2D eigenvalue weighted by Crippen LogP contribution is 2.33. The lowest BCUT2D eigenvalue weighted by Crippen LogP contribution is -2.23. The van der Waals surface area contributed by atoms with E-state index in [9.17, 15) is 13.2 Å². The first-order chi connectivity index (χ1) is 8.59. The predicted molar refractivity (Wildman–Crippen MR) is 70.4 cm³/mol. The van der Waals surface area contributed by atoms with Crippen molar-refractivity contribution in [1.29, 1.82) is 0 Å². The smallest absolute Gasteiger partial charge is 0.383 e. The normalized spacial score (nSPS) is 12.6. The van der Waals surface area contributed by atoms with Crippen LogP contribution in [0.2, 0.25) is 0 Å². The second-order valence-electron chi connectivity index (χ2n) is 5.42. The van der Waals surface area contributed by atoms with E-state index in [-0.39, 0.29) is 11.2 Å². The van der Waals surface area contributed by atoms with Gasteiger partial charge in [-0.1, -0.05) is 6.07 Å². The zero-order valence-corrected chi connectivity index (χ0v) is 11.7. The molecule has 1 rings (SSSR count). The average Bonchev–Trinajstić information content (AvgIpc) is 2.23. The van der Waals surface area contributed by atoms with Crippen LogP contribution in [0.3, 0.4) is 0 Å². The molecule has 0 radical (unpaired) electrons. The van der Waals surface area contributed by atoms with Gasteiger partial charge >= 0.3 is 6.18 Å². The molecule has 0 aliphatic heterocycles. The third-order valence-corrected chi connectivity index (χ3v) is 2.51. The number of ether oxygens (including phenoxy) is 1. The lowest BCUT2D eigenvalue weighted by Gasteiger charge is -2.20. The molecular weight excluding hydrogens is 255 g/mol. The fourth-order valence-electron chi connectivity index (χ4n) is 1.59. The van der Waals surface area contributed by atoms with Crippen molar-refractivity contribution in [2.45, 2.75) is 39.5 Å². The van der Waals surface area contributed by atoms with Gasteiger partial charge in [0.25, 0.3) is 0 Å². The first kappa shape index (κ1) is 15.8. The molecule has 0 heterocycles. The van der Waals surface area contributed by atoms with Gasteiger partial charge in [0.05, 0.1) is 17.8 Å². The molecule has 108 valence electrons. The SMILES string of the molecule is Cc1ccc(NCCOC(C)(C)C)cc1C(F)(F)F. The monoisotopic (exact) mass is 275 g/mol. The van der Waals surface area contributed by atoms with Crippen LogP contribution in [0.15, 0.2) is 18.2 Å². The van der Waals surface area contributed by atoms with Crippen molar-refractivity contribution in [3.05, 3.63) is 29.3 Å². The van der Waals surface area contributed by atoms with Crippen LogP contribution >= 0.6 is 0 Å². The fraction of sp³-hybridized carbons (Fsp3) is 0.571. The van der Waals surface area contributed by atoms with E-state index in [1.54, 1.807) is 6.07 Å². The number of hydrogen-bond acceptors (Lipinski definition) is 2. The molecule has 0 amide bonds. The van der Waals surface area contributed by atoms with Crippen LogP contribution < -0.4 is 5.32 Å². The molecule has 0 aliphatic carbocycles. The lowest BCUT2D eigenvalue weighted by atomic mass is 10.1. The molecular formula is C14H20F3NO. The van der Waals surface area contributed by atoms with Crippen molar-refractivity contribution in [3.63, 3.8) is 0 Å². The number of halogens is 3. The number of rotatable bonds is 4. The van der Waals surface area contributed by atoms with Crippen LogP contribution in [0.5, 0.6) is 0 Å². The molecule has 19 heavy (non-hydrogen) atoms. The molecule has 0 bridgehead atoms. The number of aryl methyl sites for hydroxylation is 1. The fourth-order valence-corrected chi connectivity index (χ4v) is 1.59. The van der Waals surface area contributed by atoms with Gasteiger partial charge in [0.2, 0.25) is 0 Å². The summed E-state index contributed by atoms with van der Waals surface area (Å²) in [6, 6.07) is 4.24. The summed E-state index contributed by atoms with van der Waals surface area (Å²) in [4.78, 5) is 0. The maximum Gasteiger partial charge on any atom is 0.416 e. The third-order valence-electron chi connectivity index (χ3n) is 2.51. The van der Waals surface area contributed by atoms with Crippen molar-refractivity contribution >= 4 is 5.69 Å². The lowest BCUT2D eigenvalue weighted by molar-refractivity contribution is -0.138. The van der Waals surface area contributed by atoms with Gasteiger partial charge < -0.3 is 10.1 Å². The summed E-state index contributed by atoms with van der Waals surface area (Å²) in [6.45, 7) is 8.16. The Bertz CT molecular complexity index is 422. The summed E-state index contributed by atoms with van der Waals surface area (Å²) >= 11 is 0. The second-order valence-corrected chi connectivity index (χ2v) is 5.42. The Labute approximate surface area is 112 Å².